The van der Waals surface area contributed by atoms with Crippen molar-refractivity contribution in [3.8, 4) is 5.75 Å². The summed E-state index contributed by atoms with van der Waals surface area (Å²) in [5.74, 6) is 0.653. The van der Waals surface area contributed by atoms with Gasteiger partial charge in [-0.05, 0) is 58.6 Å². The van der Waals surface area contributed by atoms with Crippen LogP contribution in [-0.4, -0.2) is 52.9 Å². The number of hydrogen-bond acceptors (Lipinski definition) is 5. The summed E-state index contributed by atoms with van der Waals surface area (Å²) >= 11 is 0. The molecule has 1 aliphatic heterocycles. The van der Waals surface area contributed by atoms with Gasteiger partial charge in [0.1, 0.15) is 17.5 Å². The normalized spacial score (nSPS) is 17.9. The molecule has 1 unspecified atom stereocenters. The van der Waals surface area contributed by atoms with Gasteiger partial charge < -0.3 is 14.4 Å². The Morgan fingerprint density at radius 2 is 2.17 bits per heavy atom. The summed E-state index contributed by atoms with van der Waals surface area (Å²) in [5, 5.41) is 0.892. The lowest BCUT2D eigenvalue weighted by Gasteiger charge is -2.24. The Hall–Kier alpha value is -2.44. The molecule has 2 aromatic rings. The molecule has 1 aliphatic rings. The monoisotopic (exact) mass is 417 g/mol. The molecule has 0 aliphatic carbocycles. The Bertz CT molecular complexity index is 868. The fourth-order valence-electron chi connectivity index (χ4n) is 3.83. The van der Waals surface area contributed by atoms with Crippen LogP contribution in [0, 0.1) is 5.92 Å². The first-order chi connectivity index (χ1) is 14.3. The van der Waals surface area contributed by atoms with E-state index in [1.807, 2.05) is 39.0 Å². The summed E-state index contributed by atoms with van der Waals surface area (Å²) in [4.78, 5) is 22.7. The minimum Gasteiger partial charge on any atom is -0.496 e. The average Bonchev–Trinajstić information content (AvgIpc) is 3.20. The number of hydrogen-bond donors (Lipinski definition) is 0. The van der Waals surface area contributed by atoms with Gasteiger partial charge in [0.2, 0.25) is 0 Å². The van der Waals surface area contributed by atoms with Crippen LogP contribution < -0.4 is 4.74 Å². The lowest BCUT2D eigenvalue weighted by Crippen LogP contribution is -2.36. The number of aromatic nitrogens is 2. The molecule has 7 heteroatoms. The number of fused-ring (bicyclic) bond motifs is 1. The molecule has 2 aromatic heterocycles. The van der Waals surface area contributed by atoms with Crippen LogP contribution in [-0.2, 0) is 11.2 Å². The standard InChI is InChI=1S/C23H32FN3O3/c1-23(2,3)30-22(28)27-13-11-16(15-27)19(24)10-6-5-8-17-14-20(29-4)18-9-7-12-25-21(18)26-17/h7,9,12,14,16,19H,5-6,8,10-11,13,15H2,1-4H3/t16-,19?/m1/s1. The highest BCUT2D eigenvalue weighted by molar-refractivity contribution is 5.81. The van der Waals surface area contributed by atoms with E-state index in [1.54, 1.807) is 18.2 Å². The van der Waals surface area contributed by atoms with Gasteiger partial charge in [-0.2, -0.15) is 0 Å². The van der Waals surface area contributed by atoms with Gasteiger partial charge in [0.15, 0.2) is 5.65 Å². The minimum atomic E-state index is -0.904. The number of nitrogens with zero attached hydrogens (tertiary/aromatic N) is 3. The summed E-state index contributed by atoms with van der Waals surface area (Å²) in [6.07, 6.45) is 4.02. The molecule has 6 nitrogen and oxygen atoms in total. The molecule has 0 bridgehead atoms. The van der Waals surface area contributed by atoms with Gasteiger partial charge in [-0.3, -0.25) is 0 Å². The van der Waals surface area contributed by atoms with Gasteiger partial charge in [0.25, 0.3) is 0 Å². The minimum absolute atomic E-state index is 0.111. The summed E-state index contributed by atoms with van der Waals surface area (Å²) in [7, 11) is 1.64. The third-order valence-electron chi connectivity index (χ3n) is 5.37. The first-order valence-corrected chi connectivity index (χ1v) is 10.7. The van der Waals surface area contributed by atoms with E-state index in [2.05, 4.69) is 9.97 Å². The number of likely N-dealkylation sites (tertiary alicyclic amines) is 1. The Labute approximate surface area is 177 Å². The van der Waals surface area contributed by atoms with Gasteiger partial charge in [-0.1, -0.05) is 6.42 Å². The maximum Gasteiger partial charge on any atom is 0.410 e. The zero-order valence-electron chi connectivity index (χ0n) is 18.4. The highest BCUT2D eigenvalue weighted by Crippen LogP contribution is 2.28. The second-order valence-corrected chi connectivity index (χ2v) is 8.93. The summed E-state index contributed by atoms with van der Waals surface area (Å²) < 4.78 is 25.6. The zero-order chi connectivity index (χ0) is 21.7. The number of alkyl halides is 1. The lowest BCUT2D eigenvalue weighted by atomic mass is 9.97. The van der Waals surface area contributed by atoms with Crippen LogP contribution >= 0.6 is 0 Å². The van der Waals surface area contributed by atoms with Crippen molar-refractivity contribution in [1.29, 1.82) is 0 Å². The van der Waals surface area contributed by atoms with Gasteiger partial charge >= 0.3 is 6.09 Å². The second-order valence-electron chi connectivity index (χ2n) is 8.93. The number of amides is 1. The number of pyridine rings is 2. The largest absolute Gasteiger partial charge is 0.496 e. The summed E-state index contributed by atoms with van der Waals surface area (Å²) in [6, 6.07) is 5.74. The maximum atomic E-state index is 14.7. The van der Waals surface area contributed by atoms with E-state index in [0.29, 0.717) is 31.6 Å². The molecule has 0 spiro atoms. The first-order valence-electron chi connectivity index (χ1n) is 10.7. The van der Waals surface area contributed by atoms with E-state index in [4.69, 9.17) is 9.47 Å². The molecule has 3 rings (SSSR count). The zero-order valence-corrected chi connectivity index (χ0v) is 18.4. The summed E-state index contributed by atoms with van der Waals surface area (Å²) in [6.45, 7) is 6.52. The lowest BCUT2D eigenvalue weighted by molar-refractivity contribution is 0.0280. The Morgan fingerprint density at radius 3 is 2.90 bits per heavy atom. The molecule has 0 radical (unpaired) electrons. The van der Waals surface area contributed by atoms with Crippen LogP contribution in [0.15, 0.2) is 24.4 Å². The molecule has 0 aromatic carbocycles. The van der Waals surface area contributed by atoms with Crippen molar-refractivity contribution in [1.82, 2.24) is 14.9 Å². The van der Waals surface area contributed by atoms with Gasteiger partial charge in [0, 0.05) is 37.0 Å². The van der Waals surface area contributed by atoms with Crippen LogP contribution in [0.4, 0.5) is 9.18 Å². The second kappa shape index (κ2) is 9.58. The third kappa shape index (κ3) is 5.80. The van der Waals surface area contributed by atoms with Crippen LogP contribution in [0.5, 0.6) is 5.75 Å². The quantitative estimate of drug-likeness (QED) is 0.597. The van der Waals surface area contributed by atoms with Crippen molar-refractivity contribution in [2.45, 2.75) is 64.6 Å². The van der Waals surface area contributed by atoms with Crippen molar-refractivity contribution >= 4 is 17.1 Å². The number of methoxy groups -OCH3 is 1. The molecule has 1 saturated heterocycles. The van der Waals surface area contributed by atoms with Crippen molar-refractivity contribution in [2.24, 2.45) is 5.92 Å². The van der Waals surface area contributed by atoms with Gasteiger partial charge in [0.05, 0.1) is 12.5 Å². The number of aryl methyl sites for hydroxylation is 1. The molecule has 1 amide bonds. The number of rotatable bonds is 7. The molecule has 164 valence electrons. The summed E-state index contributed by atoms with van der Waals surface area (Å²) in [5.41, 5.74) is 1.05. The smallest absolute Gasteiger partial charge is 0.410 e. The third-order valence-corrected chi connectivity index (χ3v) is 5.37. The maximum absolute atomic E-state index is 14.7. The predicted octanol–water partition coefficient (Wildman–Crippen LogP) is 4.95. The Morgan fingerprint density at radius 1 is 1.37 bits per heavy atom. The first kappa shape index (κ1) is 22.2. The van der Waals surface area contributed by atoms with E-state index in [0.717, 1.165) is 36.1 Å². The van der Waals surface area contributed by atoms with Crippen molar-refractivity contribution in [3.05, 3.63) is 30.1 Å². The number of ether oxygens (including phenoxy) is 2. The molecule has 1 fully saturated rings. The van der Waals surface area contributed by atoms with Gasteiger partial charge in [-0.25, -0.2) is 19.2 Å². The van der Waals surface area contributed by atoms with Crippen molar-refractivity contribution in [2.75, 3.05) is 20.2 Å². The Kier molecular flexibility index (Phi) is 7.10. The van der Waals surface area contributed by atoms with Crippen LogP contribution in [0.3, 0.4) is 0 Å². The van der Waals surface area contributed by atoms with E-state index in [1.165, 1.54) is 0 Å². The molecular formula is C23H32FN3O3. The van der Waals surface area contributed by atoms with Gasteiger partial charge in [-0.15, -0.1) is 0 Å². The molecule has 0 N–H and O–H groups in total. The van der Waals surface area contributed by atoms with E-state index in [9.17, 15) is 9.18 Å². The number of halogens is 1. The SMILES string of the molecule is COc1cc(CCCCC(F)[C@@H]2CCN(C(=O)OC(C)(C)C)C2)nc2ncccc12. The fraction of sp³-hybridized carbons (Fsp3) is 0.609. The molecule has 30 heavy (non-hydrogen) atoms. The highest BCUT2D eigenvalue weighted by Gasteiger charge is 2.33. The highest BCUT2D eigenvalue weighted by atomic mass is 19.1. The predicted molar refractivity (Wildman–Crippen MR) is 114 cm³/mol. The van der Waals surface area contributed by atoms with E-state index < -0.39 is 11.8 Å². The number of unbranched alkanes of at least 4 members (excludes halogenated alkanes) is 1. The van der Waals surface area contributed by atoms with E-state index >= 15 is 0 Å². The van der Waals surface area contributed by atoms with Crippen molar-refractivity contribution < 1.29 is 18.7 Å². The molecule has 0 saturated carbocycles. The van der Waals surface area contributed by atoms with Crippen molar-refractivity contribution in [3.63, 3.8) is 0 Å². The van der Waals surface area contributed by atoms with Crippen LogP contribution in [0.1, 0.15) is 52.1 Å². The number of carbonyl (C=O) groups is 1. The molecular weight excluding hydrogens is 385 g/mol. The number of carbonyl (C=O) groups excluding carboxylic acids is 1. The topological polar surface area (TPSA) is 64.5 Å². The molecule has 2 atom stereocenters. The average molecular weight is 418 g/mol. The van der Waals surface area contributed by atoms with Crippen LogP contribution in [0.25, 0.3) is 11.0 Å². The Balaban J connectivity index is 1.45. The van der Waals surface area contributed by atoms with Crippen LogP contribution in [0.2, 0.25) is 0 Å². The fourth-order valence-corrected chi connectivity index (χ4v) is 3.83. The molecule has 3 heterocycles. The van der Waals surface area contributed by atoms with E-state index in [-0.39, 0.29) is 12.0 Å².